The molecule has 0 bridgehead atoms. The van der Waals surface area contributed by atoms with E-state index < -0.39 is 21.8 Å². The monoisotopic (exact) mass is 411 g/mol. The number of rotatable bonds is 2. The van der Waals surface area contributed by atoms with Crippen LogP contribution in [0.4, 0.5) is 18.9 Å². The summed E-state index contributed by atoms with van der Waals surface area (Å²) in [6, 6.07) is 9.30. The molecular formula is C20H22F3N2O2S+. The van der Waals surface area contributed by atoms with Crippen LogP contribution < -0.4 is 9.21 Å². The number of benzene rings is 2. The van der Waals surface area contributed by atoms with Crippen molar-refractivity contribution in [2.45, 2.75) is 36.4 Å². The third-order valence-electron chi connectivity index (χ3n) is 5.76. The van der Waals surface area contributed by atoms with Gasteiger partial charge in [-0.15, -0.1) is 0 Å². The second kappa shape index (κ2) is 6.49. The van der Waals surface area contributed by atoms with Gasteiger partial charge in [-0.05, 0) is 42.8 Å². The van der Waals surface area contributed by atoms with Crippen molar-refractivity contribution in [3.8, 4) is 0 Å². The van der Waals surface area contributed by atoms with E-state index in [1.54, 1.807) is 0 Å². The summed E-state index contributed by atoms with van der Waals surface area (Å²) in [4.78, 5) is 1.24. The Bertz CT molecular complexity index is 1000. The molecule has 2 aromatic carbocycles. The number of aryl methyl sites for hydroxylation is 1. The fourth-order valence-electron chi connectivity index (χ4n) is 4.39. The number of fused-ring (bicyclic) bond motifs is 3. The lowest BCUT2D eigenvalue weighted by Crippen LogP contribution is -3.11. The smallest absolute Gasteiger partial charge is 0.337 e. The van der Waals surface area contributed by atoms with Gasteiger partial charge < -0.3 is 4.90 Å². The maximum absolute atomic E-state index is 13.4. The fourth-order valence-corrected chi connectivity index (χ4v) is 6.14. The topological polar surface area (TPSA) is 41.8 Å². The van der Waals surface area contributed by atoms with Gasteiger partial charge in [0, 0.05) is 6.42 Å². The zero-order valence-corrected chi connectivity index (χ0v) is 16.4. The lowest BCUT2D eigenvalue weighted by atomic mass is 9.89. The van der Waals surface area contributed by atoms with Crippen molar-refractivity contribution in [1.82, 2.24) is 0 Å². The van der Waals surface area contributed by atoms with Crippen LogP contribution in [0.1, 0.15) is 29.0 Å². The number of piperidine rings is 1. The number of likely N-dealkylation sites (N-methyl/N-ethyl adjacent to an activating group) is 1. The van der Waals surface area contributed by atoms with Crippen LogP contribution in [0.3, 0.4) is 0 Å². The number of hydrogen-bond acceptors (Lipinski definition) is 2. The molecule has 0 saturated carbocycles. The predicted octanol–water partition coefficient (Wildman–Crippen LogP) is 2.59. The van der Waals surface area contributed by atoms with Crippen molar-refractivity contribution in [3.05, 3.63) is 59.2 Å². The highest BCUT2D eigenvalue weighted by Crippen LogP contribution is 2.46. The number of hydrogen-bond donors (Lipinski definition) is 1. The van der Waals surface area contributed by atoms with Crippen molar-refractivity contribution in [2.24, 2.45) is 0 Å². The summed E-state index contributed by atoms with van der Waals surface area (Å²) in [6.45, 7) is 3.66. The Balaban J connectivity index is 1.79. The van der Waals surface area contributed by atoms with Gasteiger partial charge in [-0.25, -0.2) is 8.42 Å². The highest BCUT2D eigenvalue weighted by molar-refractivity contribution is 7.92. The van der Waals surface area contributed by atoms with Crippen LogP contribution in [-0.2, 0) is 16.2 Å². The number of nitrogens with zero attached hydrogens (tertiary/aromatic N) is 1. The molecule has 4 rings (SSSR count). The Morgan fingerprint density at radius 1 is 1.11 bits per heavy atom. The quantitative estimate of drug-likeness (QED) is 0.826. The minimum absolute atomic E-state index is 0.0906. The van der Waals surface area contributed by atoms with E-state index in [1.807, 2.05) is 25.1 Å². The lowest BCUT2D eigenvalue weighted by molar-refractivity contribution is -0.886. The molecule has 28 heavy (non-hydrogen) atoms. The maximum Gasteiger partial charge on any atom is 0.416 e. The summed E-state index contributed by atoms with van der Waals surface area (Å²) >= 11 is 0. The van der Waals surface area contributed by atoms with Gasteiger partial charge in [0.2, 0.25) is 0 Å². The molecule has 0 radical (unpaired) electrons. The lowest BCUT2D eigenvalue weighted by Gasteiger charge is -2.34. The van der Waals surface area contributed by atoms with Gasteiger partial charge in [-0.1, -0.05) is 17.7 Å². The molecule has 1 N–H and O–H groups in total. The zero-order valence-electron chi connectivity index (χ0n) is 15.6. The summed E-state index contributed by atoms with van der Waals surface area (Å²) in [5, 5.41) is 0. The summed E-state index contributed by atoms with van der Waals surface area (Å²) in [5.74, 6) is 0.0906. The second-order valence-electron chi connectivity index (χ2n) is 7.76. The Morgan fingerprint density at radius 3 is 2.43 bits per heavy atom. The first-order valence-corrected chi connectivity index (χ1v) is 10.7. The summed E-state index contributed by atoms with van der Waals surface area (Å²) in [7, 11) is -1.86. The molecule has 1 fully saturated rings. The van der Waals surface area contributed by atoms with Gasteiger partial charge in [-0.3, -0.25) is 4.31 Å². The molecule has 4 nitrogen and oxygen atoms in total. The third-order valence-corrected chi connectivity index (χ3v) is 7.61. The van der Waals surface area contributed by atoms with E-state index in [-0.39, 0.29) is 16.9 Å². The molecule has 0 aliphatic carbocycles. The fraction of sp³-hybridized carbons (Fsp3) is 0.400. The number of quaternary nitrogens is 1. The van der Waals surface area contributed by atoms with Gasteiger partial charge in [0.15, 0.2) is 0 Å². The van der Waals surface area contributed by atoms with E-state index >= 15 is 0 Å². The molecule has 0 aromatic heterocycles. The number of nitrogens with one attached hydrogen (secondary N) is 1. The van der Waals surface area contributed by atoms with Crippen molar-refractivity contribution < 1.29 is 26.5 Å². The average Bonchev–Trinajstić information content (AvgIpc) is 2.95. The molecule has 0 amide bonds. The normalized spacial score (nSPS) is 24.8. The Hall–Kier alpha value is -2.06. The zero-order chi connectivity index (χ0) is 20.3. The van der Waals surface area contributed by atoms with Gasteiger partial charge in [-0.2, -0.15) is 13.2 Å². The minimum Gasteiger partial charge on any atom is -0.337 e. The molecule has 2 aliphatic heterocycles. The van der Waals surface area contributed by atoms with Crippen molar-refractivity contribution in [2.75, 3.05) is 24.4 Å². The van der Waals surface area contributed by atoms with Crippen LogP contribution in [0.25, 0.3) is 0 Å². The van der Waals surface area contributed by atoms with Crippen molar-refractivity contribution in [3.63, 3.8) is 0 Å². The van der Waals surface area contributed by atoms with Crippen LogP contribution in [0.5, 0.6) is 0 Å². The van der Waals surface area contributed by atoms with Crippen LogP contribution in [0.2, 0.25) is 0 Å². The highest BCUT2D eigenvalue weighted by Gasteiger charge is 2.48. The molecule has 2 aromatic rings. The van der Waals surface area contributed by atoms with Crippen molar-refractivity contribution >= 4 is 15.7 Å². The first-order chi connectivity index (χ1) is 13.1. The van der Waals surface area contributed by atoms with E-state index in [9.17, 15) is 21.6 Å². The third kappa shape index (κ3) is 3.08. The average molecular weight is 411 g/mol. The van der Waals surface area contributed by atoms with Crippen LogP contribution in [-0.4, -0.2) is 34.6 Å². The number of halogens is 3. The van der Waals surface area contributed by atoms with Crippen LogP contribution >= 0.6 is 0 Å². The van der Waals surface area contributed by atoms with E-state index in [2.05, 4.69) is 7.05 Å². The largest absolute Gasteiger partial charge is 0.416 e. The summed E-state index contributed by atoms with van der Waals surface area (Å²) < 4.78 is 66.8. The molecule has 3 atom stereocenters. The summed E-state index contributed by atoms with van der Waals surface area (Å²) in [5.41, 5.74) is 1.87. The van der Waals surface area contributed by atoms with Gasteiger partial charge in [0.1, 0.15) is 0 Å². The van der Waals surface area contributed by atoms with E-state index in [4.69, 9.17) is 0 Å². The SMILES string of the molecule is Cc1ccc2c(c1)[C@@H]1C[NH+](C)CC[C@@H]1N2S(=O)(=O)c1ccc(C(F)(F)F)cc1. The Kier molecular flexibility index (Phi) is 4.46. The van der Waals surface area contributed by atoms with Crippen LogP contribution in [0, 0.1) is 6.92 Å². The molecule has 1 saturated heterocycles. The number of sulfonamides is 1. The Morgan fingerprint density at radius 2 is 1.79 bits per heavy atom. The van der Waals surface area contributed by atoms with E-state index in [0.29, 0.717) is 12.1 Å². The standard InChI is InChI=1S/C20H21F3N2O2S/c1-13-3-8-18-16(11-13)17-12-24(2)10-9-19(17)25(18)28(26,27)15-6-4-14(5-7-15)20(21,22)23/h3-8,11,17,19H,9-10,12H2,1-2H3/p+1/t17-,19-/m0/s1. The predicted molar refractivity (Wildman–Crippen MR) is 100 cm³/mol. The Labute approximate surface area is 162 Å². The number of alkyl halides is 3. The van der Waals surface area contributed by atoms with Gasteiger partial charge in [0.25, 0.3) is 10.0 Å². The molecule has 0 spiro atoms. The van der Waals surface area contributed by atoms with Gasteiger partial charge >= 0.3 is 6.18 Å². The number of anilines is 1. The molecular weight excluding hydrogens is 389 g/mol. The number of likely N-dealkylation sites (tertiary alicyclic amines) is 1. The van der Waals surface area contributed by atoms with Crippen molar-refractivity contribution in [1.29, 1.82) is 0 Å². The first-order valence-electron chi connectivity index (χ1n) is 9.22. The molecule has 8 heteroatoms. The summed E-state index contributed by atoms with van der Waals surface area (Å²) in [6.07, 6.45) is -3.79. The molecule has 150 valence electrons. The van der Waals surface area contributed by atoms with Crippen LogP contribution in [0.15, 0.2) is 47.4 Å². The highest BCUT2D eigenvalue weighted by atomic mass is 32.2. The van der Waals surface area contributed by atoms with E-state index in [0.717, 1.165) is 48.5 Å². The first kappa shape index (κ1) is 19.3. The molecule has 2 heterocycles. The van der Waals surface area contributed by atoms with Gasteiger partial charge in [0.05, 0.1) is 48.2 Å². The van der Waals surface area contributed by atoms with E-state index in [1.165, 1.54) is 9.21 Å². The minimum atomic E-state index is -4.50. The second-order valence-corrected chi connectivity index (χ2v) is 9.57. The maximum atomic E-state index is 13.4. The molecule has 1 unspecified atom stereocenters. The molecule has 2 aliphatic rings.